The molecule has 0 fully saturated rings. The van der Waals surface area contributed by atoms with Crippen LogP contribution in [0.15, 0.2) is 0 Å². The van der Waals surface area contributed by atoms with Crippen molar-refractivity contribution in [2.75, 3.05) is 6.61 Å². The van der Waals surface area contributed by atoms with Crippen molar-refractivity contribution in [2.24, 2.45) is 0 Å². The maximum Gasteiger partial charge on any atom is 2.00 e. The predicted molar refractivity (Wildman–Crippen MR) is 41.1 cm³/mol. The molecule has 0 bridgehead atoms. The van der Waals surface area contributed by atoms with Gasteiger partial charge in [0.1, 0.15) is 0 Å². The van der Waals surface area contributed by atoms with E-state index in [4.69, 9.17) is 0 Å². The van der Waals surface area contributed by atoms with Gasteiger partial charge >= 0.3 is 31.1 Å². The molecule has 0 radical (unpaired) electrons. The number of hydrogen-bond acceptors (Lipinski definition) is 3. The monoisotopic (exact) mass is 392 g/mol. The van der Waals surface area contributed by atoms with Crippen LogP contribution in [0, 0.1) is 49.9 Å². The summed E-state index contributed by atoms with van der Waals surface area (Å²) in [5, 5.41) is 0. The van der Waals surface area contributed by atoms with Gasteiger partial charge in [-0.1, -0.05) is 0 Å². The van der Waals surface area contributed by atoms with E-state index < -0.39 is 5.97 Å². The Kier molecular flexibility index (Phi) is 25.2. The number of rotatable bonds is 1. The number of carbonyl (C=O) groups excluding carboxylic acids is 2. The summed E-state index contributed by atoms with van der Waals surface area (Å²) < 4.78 is 4.35. The van der Waals surface area contributed by atoms with Gasteiger partial charge in [-0.15, -0.1) is 0 Å². The topological polar surface area (TPSA) is 43.4 Å². The Labute approximate surface area is 96.6 Å². The molecule has 0 aliphatic carbocycles. The van der Waals surface area contributed by atoms with E-state index in [1.165, 1.54) is 6.29 Å². The van der Waals surface area contributed by atoms with Gasteiger partial charge in [0, 0.05) is 6.29 Å². The summed E-state index contributed by atoms with van der Waals surface area (Å²) in [6.07, 6.45) is 1.25. The minimum atomic E-state index is -0.694. The minimum Gasteiger partial charge on any atom is -0.471 e. The second-order valence-corrected chi connectivity index (χ2v) is 1.07. The SMILES string of the molecule is CCOC(=O)C#C[C-]=O.[CH2-]C.[U+2]. The summed E-state index contributed by atoms with van der Waals surface area (Å²) >= 11 is 0. The summed E-state index contributed by atoms with van der Waals surface area (Å²) in [6, 6.07) is 0. The van der Waals surface area contributed by atoms with E-state index in [1.807, 2.05) is 5.92 Å². The molecule has 0 saturated heterocycles. The van der Waals surface area contributed by atoms with Crippen molar-refractivity contribution in [1.82, 2.24) is 0 Å². The zero-order valence-electron chi connectivity index (χ0n) is 7.14. The van der Waals surface area contributed by atoms with Crippen LogP contribution in [0.5, 0.6) is 0 Å². The quantitative estimate of drug-likeness (QED) is 0.283. The summed E-state index contributed by atoms with van der Waals surface area (Å²) in [6.45, 7) is 6.93. The molecule has 0 atom stereocenters. The molecule has 4 heteroatoms. The van der Waals surface area contributed by atoms with Gasteiger partial charge in [0.15, 0.2) is 0 Å². The van der Waals surface area contributed by atoms with Crippen molar-refractivity contribution in [1.29, 1.82) is 0 Å². The van der Waals surface area contributed by atoms with Gasteiger partial charge < -0.3 is 16.5 Å². The Morgan fingerprint density at radius 2 is 2.08 bits per heavy atom. The fraction of sp³-hybridized carbons (Fsp3) is 0.375. The molecule has 0 unspecified atom stereocenters. The first-order chi connectivity index (χ1) is 5.31. The molecule has 64 valence electrons. The molecular formula is C8H10O3U. The Hall–Kier alpha value is -0.248. The summed E-state index contributed by atoms with van der Waals surface area (Å²) in [5.74, 6) is 3.01. The molecule has 0 N–H and O–H groups in total. The van der Waals surface area contributed by atoms with Gasteiger partial charge in [-0.25, -0.2) is 11.8 Å². The third-order valence-corrected chi connectivity index (χ3v) is 0.491. The van der Waals surface area contributed by atoms with Gasteiger partial charge in [-0.3, -0.25) is 4.79 Å². The molecule has 0 amide bonds. The third kappa shape index (κ3) is 16.4. The van der Waals surface area contributed by atoms with Crippen molar-refractivity contribution in [3.05, 3.63) is 6.92 Å². The van der Waals surface area contributed by atoms with Crippen LogP contribution in [0.3, 0.4) is 0 Å². The average Bonchev–Trinajstić information content (AvgIpc) is 2.05. The minimum absolute atomic E-state index is 0. The molecule has 0 heterocycles. The summed E-state index contributed by atoms with van der Waals surface area (Å²) in [4.78, 5) is 19.6. The van der Waals surface area contributed by atoms with Gasteiger partial charge in [0.05, 0.1) is 6.61 Å². The van der Waals surface area contributed by atoms with Crippen LogP contribution in [-0.2, 0) is 14.3 Å². The van der Waals surface area contributed by atoms with Crippen LogP contribution in [-0.4, -0.2) is 18.9 Å². The van der Waals surface area contributed by atoms with Crippen LogP contribution in [0.2, 0.25) is 0 Å². The van der Waals surface area contributed by atoms with E-state index in [2.05, 4.69) is 11.7 Å². The largest absolute Gasteiger partial charge is 2.00 e. The second-order valence-electron chi connectivity index (χ2n) is 1.07. The molecule has 0 spiro atoms. The zero-order chi connectivity index (χ0) is 9.11. The van der Waals surface area contributed by atoms with E-state index >= 15 is 0 Å². The Morgan fingerprint density at radius 1 is 1.58 bits per heavy atom. The van der Waals surface area contributed by atoms with E-state index in [0.29, 0.717) is 0 Å². The van der Waals surface area contributed by atoms with Crippen LogP contribution in [0.25, 0.3) is 0 Å². The van der Waals surface area contributed by atoms with E-state index in [-0.39, 0.29) is 37.7 Å². The van der Waals surface area contributed by atoms with E-state index in [1.54, 1.807) is 19.8 Å². The Morgan fingerprint density at radius 3 is 2.42 bits per heavy atom. The first kappa shape index (κ1) is 17.7. The fourth-order valence-electron chi connectivity index (χ4n) is 0.244. The normalized spacial score (nSPS) is 5.58. The predicted octanol–water partition coefficient (Wildman–Crippen LogP) is 0.503. The molecule has 0 aromatic heterocycles. The maximum absolute atomic E-state index is 10.2. The standard InChI is InChI=1S/C6H5O3.C2H5.U/c1-2-9-6(8)4-3-5-7;1-2;/h2H2,1H3;1H2,2H3;/q2*-1;+2. The fourth-order valence-corrected chi connectivity index (χ4v) is 0.244. The van der Waals surface area contributed by atoms with E-state index in [9.17, 15) is 9.59 Å². The van der Waals surface area contributed by atoms with E-state index in [0.717, 1.165) is 0 Å². The van der Waals surface area contributed by atoms with Crippen molar-refractivity contribution >= 4 is 12.3 Å². The molecule has 0 saturated carbocycles. The number of ether oxygens (including phenoxy) is 1. The molecule has 0 rings (SSSR count). The molecular weight excluding hydrogens is 382 g/mol. The summed E-state index contributed by atoms with van der Waals surface area (Å²) in [7, 11) is 0. The van der Waals surface area contributed by atoms with Gasteiger partial charge in [-0.2, -0.15) is 6.92 Å². The van der Waals surface area contributed by atoms with Crippen LogP contribution in [0.1, 0.15) is 13.8 Å². The first-order valence-electron chi connectivity index (χ1n) is 3.07. The molecule has 0 aromatic carbocycles. The molecule has 3 nitrogen and oxygen atoms in total. The first-order valence-corrected chi connectivity index (χ1v) is 3.07. The Balaban J connectivity index is -0.000000249. The molecule has 0 aliphatic heterocycles. The molecule has 0 aliphatic rings. The number of hydrogen-bond donors (Lipinski definition) is 0. The second kappa shape index (κ2) is 17.0. The molecule has 12 heavy (non-hydrogen) atoms. The van der Waals surface area contributed by atoms with Crippen LogP contribution < -0.4 is 0 Å². The number of carbonyl (C=O) groups is 1. The maximum atomic E-state index is 10.2. The van der Waals surface area contributed by atoms with Crippen molar-refractivity contribution < 1.29 is 45.4 Å². The summed E-state index contributed by atoms with van der Waals surface area (Å²) in [5.41, 5.74) is 0. The van der Waals surface area contributed by atoms with Gasteiger partial charge in [-0.05, 0) is 6.92 Å². The van der Waals surface area contributed by atoms with Crippen molar-refractivity contribution in [2.45, 2.75) is 13.8 Å². The van der Waals surface area contributed by atoms with Crippen molar-refractivity contribution in [3.63, 3.8) is 0 Å². The van der Waals surface area contributed by atoms with Crippen molar-refractivity contribution in [3.8, 4) is 11.8 Å². The average molecular weight is 392 g/mol. The molecule has 0 aromatic rings. The Bertz CT molecular complexity index is 167. The number of esters is 1. The smallest absolute Gasteiger partial charge is 0.471 e. The third-order valence-electron chi connectivity index (χ3n) is 0.491. The van der Waals surface area contributed by atoms with Crippen LogP contribution in [0.4, 0.5) is 0 Å². The van der Waals surface area contributed by atoms with Crippen LogP contribution >= 0.6 is 0 Å². The van der Waals surface area contributed by atoms with Gasteiger partial charge in [0.25, 0.3) is 5.97 Å². The zero-order valence-corrected chi connectivity index (χ0v) is 11.3. The van der Waals surface area contributed by atoms with Gasteiger partial charge in [0.2, 0.25) is 0 Å².